The number of benzene rings is 1. The van der Waals surface area contributed by atoms with E-state index in [1.165, 1.54) is 0 Å². The van der Waals surface area contributed by atoms with Gasteiger partial charge in [-0.25, -0.2) is 9.97 Å². The Morgan fingerprint density at radius 2 is 1.81 bits per heavy atom. The standard InChI is InChI=1S/C19H18N4O3S/c1-24-15-8-13(9-16(25-2)17(15)26-3)22-18-19-21-10-14(12-4-7-27-11-12)23(19)6-5-20-18/h4-11H,1-3H3,(H,20,22). The van der Waals surface area contributed by atoms with Gasteiger partial charge < -0.3 is 19.5 Å². The predicted molar refractivity (Wildman–Crippen MR) is 106 cm³/mol. The number of fused-ring (bicyclic) bond motifs is 1. The second kappa shape index (κ2) is 7.16. The van der Waals surface area contributed by atoms with E-state index in [2.05, 4.69) is 26.7 Å². The molecular formula is C19H18N4O3S. The number of methoxy groups -OCH3 is 3. The Hall–Kier alpha value is -3.26. The first-order valence-electron chi connectivity index (χ1n) is 8.16. The molecule has 1 aromatic carbocycles. The van der Waals surface area contributed by atoms with Gasteiger partial charge in [-0.2, -0.15) is 11.3 Å². The van der Waals surface area contributed by atoms with Gasteiger partial charge in [0.25, 0.3) is 0 Å². The summed E-state index contributed by atoms with van der Waals surface area (Å²) in [6.07, 6.45) is 5.49. The Morgan fingerprint density at radius 1 is 1.04 bits per heavy atom. The average molecular weight is 382 g/mol. The normalized spacial score (nSPS) is 10.8. The fourth-order valence-corrected chi connectivity index (χ4v) is 3.57. The van der Waals surface area contributed by atoms with Gasteiger partial charge in [-0.3, -0.25) is 4.40 Å². The van der Waals surface area contributed by atoms with Crippen LogP contribution in [0.1, 0.15) is 0 Å². The van der Waals surface area contributed by atoms with Gasteiger partial charge in [-0.15, -0.1) is 0 Å². The smallest absolute Gasteiger partial charge is 0.203 e. The molecule has 0 amide bonds. The molecule has 0 atom stereocenters. The van der Waals surface area contributed by atoms with E-state index in [0.717, 1.165) is 22.6 Å². The molecule has 138 valence electrons. The lowest BCUT2D eigenvalue weighted by atomic mass is 10.2. The molecule has 8 heteroatoms. The van der Waals surface area contributed by atoms with E-state index in [0.29, 0.717) is 23.1 Å². The largest absolute Gasteiger partial charge is 0.493 e. The number of hydrogen-bond donors (Lipinski definition) is 1. The van der Waals surface area contributed by atoms with Crippen molar-refractivity contribution in [2.75, 3.05) is 26.6 Å². The lowest BCUT2D eigenvalue weighted by Gasteiger charge is -2.15. The number of nitrogens with one attached hydrogen (secondary N) is 1. The third-order valence-electron chi connectivity index (χ3n) is 4.17. The quantitative estimate of drug-likeness (QED) is 0.538. The molecule has 27 heavy (non-hydrogen) atoms. The summed E-state index contributed by atoms with van der Waals surface area (Å²) in [4.78, 5) is 8.99. The number of imidazole rings is 1. The topological polar surface area (TPSA) is 69.9 Å². The first-order valence-corrected chi connectivity index (χ1v) is 9.11. The molecule has 0 spiro atoms. The Labute approximate surface area is 160 Å². The third-order valence-corrected chi connectivity index (χ3v) is 4.86. The molecule has 0 saturated heterocycles. The zero-order chi connectivity index (χ0) is 18.8. The summed E-state index contributed by atoms with van der Waals surface area (Å²) in [6.45, 7) is 0. The number of aromatic nitrogens is 3. The van der Waals surface area contributed by atoms with Crippen molar-refractivity contribution in [1.29, 1.82) is 0 Å². The zero-order valence-electron chi connectivity index (χ0n) is 15.1. The van der Waals surface area contributed by atoms with Crippen molar-refractivity contribution in [1.82, 2.24) is 14.4 Å². The Morgan fingerprint density at radius 3 is 2.44 bits per heavy atom. The fourth-order valence-electron chi connectivity index (χ4n) is 2.92. The lowest BCUT2D eigenvalue weighted by Crippen LogP contribution is -2.01. The highest BCUT2D eigenvalue weighted by atomic mass is 32.1. The number of hydrogen-bond acceptors (Lipinski definition) is 7. The third kappa shape index (κ3) is 3.04. The molecule has 0 radical (unpaired) electrons. The van der Waals surface area contributed by atoms with E-state index in [4.69, 9.17) is 14.2 Å². The summed E-state index contributed by atoms with van der Waals surface area (Å²) in [5.74, 6) is 2.30. The minimum absolute atomic E-state index is 0.539. The van der Waals surface area contributed by atoms with Gasteiger partial charge in [0.1, 0.15) is 0 Å². The molecule has 4 aromatic rings. The van der Waals surface area contributed by atoms with Gasteiger partial charge in [-0.1, -0.05) is 0 Å². The summed E-state index contributed by atoms with van der Waals surface area (Å²) < 4.78 is 18.2. The van der Waals surface area contributed by atoms with E-state index in [-0.39, 0.29) is 0 Å². The molecule has 0 bridgehead atoms. The van der Waals surface area contributed by atoms with Gasteiger partial charge in [0, 0.05) is 41.2 Å². The Bertz CT molecular complexity index is 1050. The Kier molecular flexibility index (Phi) is 4.55. The van der Waals surface area contributed by atoms with E-state index < -0.39 is 0 Å². The van der Waals surface area contributed by atoms with Crippen molar-refractivity contribution in [2.24, 2.45) is 0 Å². The summed E-state index contributed by atoms with van der Waals surface area (Å²) in [5, 5.41) is 7.44. The Balaban J connectivity index is 1.76. The highest BCUT2D eigenvalue weighted by molar-refractivity contribution is 7.08. The molecule has 0 aliphatic carbocycles. The molecule has 3 aromatic heterocycles. The second-order valence-electron chi connectivity index (χ2n) is 5.66. The van der Waals surface area contributed by atoms with Gasteiger partial charge in [0.05, 0.1) is 33.2 Å². The maximum Gasteiger partial charge on any atom is 0.203 e. The molecule has 0 aliphatic rings. The summed E-state index contributed by atoms with van der Waals surface area (Å²) in [7, 11) is 4.75. The number of nitrogens with zero attached hydrogens (tertiary/aromatic N) is 3. The van der Waals surface area contributed by atoms with Crippen LogP contribution in [0.2, 0.25) is 0 Å². The number of thiophene rings is 1. The van der Waals surface area contributed by atoms with Crippen LogP contribution in [0.4, 0.5) is 11.5 Å². The first-order chi connectivity index (χ1) is 13.2. The number of rotatable bonds is 6. The molecule has 0 aliphatic heterocycles. The van der Waals surface area contributed by atoms with Crippen molar-refractivity contribution < 1.29 is 14.2 Å². The van der Waals surface area contributed by atoms with E-state index in [9.17, 15) is 0 Å². The highest BCUT2D eigenvalue weighted by Crippen LogP contribution is 2.40. The van der Waals surface area contributed by atoms with Gasteiger partial charge >= 0.3 is 0 Å². The van der Waals surface area contributed by atoms with Crippen LogP contribution in [0.15, 0.2) is 47.5 Å². The lowest BCUT2D eigenvalue weighted by molar-refractivity contribution is 0.324. The minimum atomic E-state index is 0.539. The molecule has 0 fully saturated rings. The molecule has 0 saturated carbocycles. The van der Waals surface area contributed by atoms with Crippen molar-refractivity contribution in [3.05, 3.63) is 47.5 Å². The summed E-state index contributed by atoms with van der Waals surface area (Å²) in [5.41, 5.74) is 3.62. The molecule has 1 N–H and O–H groups in total. The highest BCUT2D eigenvalue weighted by Gasteiger charge is 2.15. The van der Waals surface area contributed by atoms with E-state index in [1.807, 2.05) is 34.3 Å². The van der Waals surface area contributed by atoms with Crippen molar-refractivity contribution in [3.8, 4) is 28.5 Å². The summed E-state index contributed by atoms with van der Waals surface area (Å²) in [6, 6.07) is 5.73. The first kappa shape index (κ1) is 17.2. The van der Waals surface area contributed by atoms with Crippen LogP contribution in [0.3, 0.4) is 0 Å². The van der Waals surface area contributed by atoms with Crippen LogP contribution >= 0.6 is 11.3 Å². The molecule has 3 heterocycles. The molecule has 0 unspecified atom stereocenters. The number of anilines is 2. The van der Waals surface area contributed by atoms with Crippen LogP contribution in [-0.4, -0.2) is 35.7 Å². The van der Waals surface area contributed by atoms with Crippen LogP contribution in [0.25, 0.3) is 16.9 Å². The van der Waals surface area contributed by atoms with E-state index >= 15 is 0 Å². The minimum Gasteiger partial charge on any atom is -0.493 e. The van der Waals surface area contributed by atoms with Crippen LogP contribution in [0.5, 0.6) is 17.2 Å². The molecular weight excluding hydrogens is 364 g/mol. The fraction of sp³-hybridized carbons (Fsp3) is 0.158. The maximum atomic E-state index is 5.41. The predicted octanol–water partition coefficient (Wildman–Crippen LogP) is 4.23. The summed E-state index contributed by atoms with van der Waals surface area (Å²) >= 11 is 1.65. The van der Waals surface area contributed by atoms with Crippen molar-refractivity contribution in [3.63, 3.8) is 0 Å². The van der Waals surface area contributed by atoms with Crippen LogP contribution < -0.4 is 19.5 Å². The van der Waals surface area contributed by atoms with Gasteiger partial charge in [-0.05, 0) is 11.4 Å². The van der Waals surface area contributed by atoms with Gasteiger partial charge in [0.15, 0.2) is 23.0 Å². The number of ether oxygens (including phenoxy) is 3. The monoisotopic (exact) mass is 382 g/mol. The van der Waals surface area contributed by atoms with Crippen LogP contribution in [0, 0.1) is 0 Å². The van der Waals surface area contributed by atoms with Crippen molar-refractivity contribution in [2.45, 2.75) is 0 Å². The average Bonchev–Trinajstić information content (AvgIpc) is 3.37. The zero-order valence-corrected chi connectivity index (χ0v) is 15.9. The molecule has 4 rings (SSSR count). The molecule has 7 nitrogen and oxygen atoms in total. The van der Waals surface area contributed by atoms with Crippen LogP contribution in [-0.2, 0) is 0 Å². The van der Waals surface area contributed by atoms with E-state index in [1.54, 1.807) is 38.9 Å². The maximum absolute atomic E-state index is 5.41. The van der Waals surface area contributed by atoms with Crippen molar-refractivity contribution >= 4 is 28.5 Å². The second-order valence-corrected chi connectivity index (χ2v) is 6.44. The SMILES string of the molecule is COc1cc(Nc2nccn3c(-c4ccsc4)cnc23)cc(OC)c1OC. The van der Waals surface area contributed by atoms with Gasteiger partial charge in [0.2, 0.25) is 5.75 Å².